The lowest BCUT2D eigenvalue weighted by molar-refractivity contribution is -0.153. The van der Waals surface area contributed by atoms with Crippen molar-refractivity contribution in [3.8, 4) is 0 Å². The summed E-state index contributed by atoms with van der Waals surface area (Å²) < 4.78 is 5.49. The van der Waals surface area contributed by atoms with Gasteiger partial charge in [-0.05, 0) is 48.4 Å². The Kier molecular flexibility index (Phi) is 8.07. The molecular formula is C25H30Cl2N2O3. The molecule has 5 nitrogen and oxygen atoms in total. The Bertz CT molecular complexity index is 952. The summed E-state index contributed by atoms with van der Waals surface area (Å²) in [5.74, 6) is -0.408. The molecule has 0 bridgehead atoms. The number of esters is 1. The number of nitrogens with zero attached hydrogens (tertiary/aromatic N) is 1. The number of anilines is 2. The zero-order chi connectivity index (χ0) is 23.3. The van der Waals surface area contributed by atoms with E-state index in [1.807, 2.05) is 24.3 Å². The molecule has 1 amide bonds. The summed E-state index contributed by atoms with van der Waals surface area (Å²) in [6.45, 7) is 7.24. The minimum Gasteiger partial charge on any atom is -0.464 e. The fourth-order valence-electron chi connectivity index (χ4n) is 3.68. The van der Waals surface area contributed by atoms with Crippen molar-refractivity contribution in [2.24, 2.45) is 5.41 Å². The van der Waals surface area contributed by atoms with Crippen molar-refractivity contribution in [1.82, 2.24) is 4.90 Å². The Morgan fingerprint density at radius 3 is 2.47 bits per heavy atom. The first-order chi connectivity index (χ1) is 15.2. The molecule has 1 fully saturated rings. The van der Waals surface area contributed by atoms with Crippen molar-refractivity contribution in [2.45, 2.75) is 52.5 Å². The number of likely N-dealkylation sites (tertiary alicyclic amines) is 1. The van der Waals surface area contributed by atoms with Gasteiger partial charge < -0.3 is 15.0 Å². The van der Waals surface area contributed by atoms with Gasteiger partial charge in [-0.3, -0.25) is 4.79 Å². The summed E-state index contributed by atoms with van der Waals surface area (Å²) >= 11 is 12.6. The van der Waals surface area contributed by atoms with Gasteiger partial charge in [0.15, 0.2) is 0 Å². The molecule has 3 rings (SSSR count). The third kappa shape index (κ3) is 6.39. The third-order valence-corrected chi connectivity index (χ3v) is 6.15. The molecule has 1 aliphatic heterocycles. The van der Waals surface area contributed by atoms with Crippen LogP contribution < -0.4 is 5.32 Å². The van der Waals surface area contributed by atoms with Crippen LogP contribution in [0.15, 0.2) is 42.5 Å². The first-order valence-electron chi connectivity index (χ1n) is 10.9. The van der Waals surface area contributed by atoms with Gasteiger partial charge >= 0.3 is 5.97 Å². The van der Waals surface area contributed by atoms with Crippen molar-refractivity contribution < 1.29 is 14.3 Å². The van der Waals surface area contributed by atoms with E-state index in [-0.39, 0.29) is 23.7 Å². The molecule has 2 aromatic carbocycles. The highest BCUT2D eigenvalue weighted by atomic mass is 35.5. The maximum Gasteiger partial charge on any atom is 0.328 e. The standard InChI is InChI=1S/C25H30Cl2N2O3/c1-25(2,3)13-15-32-24(31)21-12-7-14-29(21)22(30)16-17-8-4-5-11-20(17)28-23-18(26)9-6-10-19(23)27/h4-6,8-11,21,28H,7,12-16H2,1-3H3/t21-/m0/s1. The normalized spacial score (nSPS) is 16.2. The van der Waals surface area contributed by atoms with Crippen molar-refractivity contribution in [1.29, 1.82) is 0 Å². The predicted octanol–water partition coefficient (Wildman–Crippen LogP) is 6.25. The molecule has 172 valence electrons. The average Bonchev–Trinajstić information content (AvgIpc) is 3.21. The lowest BCUT2D eigenvalue weighted by Crippen LogP contribution is -2.42. The number of amides is 1. The minimum absolute atomic E-state index is 0.0900. The van der Waals surface area contributed by atoms with Crippen LogP contribution in [0.1, 0.15) is 45.6 Å². The van der Waals surface area contributed by atoms with Gasteiger partial charge in [0.1, 0.15) is 6.04 Å². The Balaban J connectivity index is 1.68. The fourth-order valence-corrected chi connectivity index (χ4v) is 4.17. The van der Waals surface area contributed by atoms with Crippen LogP contribution in [0.2, 0.25) is 10.0 Å². The van der Waals surface area contributed by atoms with Crippen molar-refractivity contribution in [2.75, 3.05) is 18.5 Å². The predicted molar refractivity (Wildman–Crippen MR) is 130 cm³/mol. The van der Waals surface area contributed by atoms with Gasteiger partial charge in [0.25, 0.3) is 0 Å². The maximum atomic E-state index is 13.1. The van der Waals surface area contributed by atoms with Gasteiger partial charge in [0, 0.05) is 12.2 Å². The van der Waals surface area contributed by atoms with Gasteiger partial charge in [-0.15, -0.1) is 0 Å². The minimum atomic E-state index is -0.513. The van der Waals surface area contributed by atoms with E-state index in [0.29, 0.717) is 35.3 Å². The molecular weight excluding hydrogens is 447 g/mol. The molecule has 1 atom stereocenters. The number of hydrogen-bond acceptors (Lipinski definition) is 4. The molecule has 7 heteroatoms. The van der Waals surface area contributed by atoms with Crippen LogP contribution in [-0.2, 0) is 20.7 Å². The summed E-state index contributed by atoms with van der Waals surface area (Å²) in [5, 5.41) is 4.25. The first kappa shape index (κ1) is 24.4. The second-order valence-corrected chi connectivity index (χ2v) is 10.1. The van der Waals surface area contributed by atoms with E-state index in [0.717, 1.165) is 24.1 Å². The van der Waals surface area contributed by atoms with E-state index >= 15 is 0 Å². The van der Waals surface area contributed by atoms with Crippen molar-refractivity contribution in [3.05, 3.63) is 58.1 Å². The number of carbonyl (C=O) groups is 2. The Morgan fingerprint density at radius 2 is 1.78 bits per heavy atom. The van der Waals surface area contributed by atoms with Crippen LogP contribution in [0.5, 0.6) is 0 Å². The summed E-state index contributed by atoms with van der Waals surface area (Å²) in [7, 11) is 0. The molecule has 2 aromatic rings. The van der Waals surface area contributed by atoms with Gasteiger partial charge in [-0.25, -0.2) is 4.79 Å². The SMILES string of the molecule is CC(C)(C)CCOC(=O)[C@@H]1CCCN1C(=O)Cc1ccccc1Nc1c(Cl)cccc1Cl. The van der Waals surface area contributed by atoms with E-state index in [1.54, 1.807) is 23.1 Å². The molecule has 0 saturated carbocycles. The van der Waals surface area contributed by atoms with E-state index in [9.17, 15) is 9.59 Å². The van der Waals surface area contributed by atoms with Gasteiger partial charge in [-0.1, -0.05) is 68.2 Å². The number of carbonyl (C=O) groups excluding carboxylic acids is 2. The molecule has 1 saturated heterocycles. The molecule has 0 radical (unpaired) electrons. The number of para-hydroxylation sites is 2. The molecule has 1 N–H and O–H groups in total. The zero-order valence-electron chi connectivity index (χ0n) is 18.8. The highest BCUT2D eigenvalue weighted by Crippen LogP contribution is 2.34. The molecule has 0 unspecified atom stereocenters. The quantitative estimate of drug-likeness (QED) is 0.479. The lowest BCUT2D eigenvalue weighted by atomic mass is 9.93. The van der Waals surface area contributed by atoms with Crippen molar-refractivity contribution in [3.63, 3.8) is 0 Å². The van der Waals surface area contributed by atoms with Crippen LogP contribution in [0.25, 0.3) is 0 Å². The summed E-state index contributed by atoms with van der Waals surface area (Å²) in [6.07, 6.45) is 2.37. The number of benzene rings is 2. The third-order valence-electron chi connectivity index (χ3n) is 5.52. The van der Waals surface area contributed by atoms with E-state index in [4.69, 9.17) is 27.9 Å². The molecule has 32 heavy (non-hydrogen) atoms. The van der Waals surface area contributed by atoms with Crippen LogP contribution in [0.4, 0.5) is 11.4 Å². The number of ether oxygens (including phenoxy) is 1. The zero-order valence-corrected chi connectivity index (χ0v) is 20.3. The Labute approximate surface area is 200 Å². The molecule has 0 spiro atoms. The monoisotopic (exact) mass is 476 g/mol. The second-order valence-electron chi connectivity index (χ2n) is 9.28. The van der Waals surface area contributed by atoms with Crippen LogP contribution in [-0.4, -0.2) is 36.0 Å². The molecule has 1 heterocycles. The summed E-state index contributed by atoms with van der Waals surface area (Å²) in [6, 6.07) is 12.3. The largest absolute Gasteiger partial charge is 0.464 e. The Hall–Kier alpha value is -2.24. The molecule has 0 aliphatic carbocycles. The van der Waals surface area contributed by atoms with Gasteiger partial charge in [0.2, 0.25) is 5.91 Å². The number of nitrogens with one attached hydrogen (secondary N) is 1. The summed E-state index contributed by atoms with van der Waals surface area (Å²) in [5.41, 5.74) is 2.24. The first-order valence-corrected chi connectivity index (χ1v) is 11.7. The van der Waals surface area contributed by atoms with Crippen LogP contribution in [0, 0.1) is 5.41 Å². The molecule has 0 aromatic heterocycles. The van der Waals surface area contributed by atoms with E-state index < -0.39 is 6.04 Å². The second kappa shape index (κ2) is 10.6. The fraction of sp³-hybridized carbons (Fsp3) is 0.440. The van der Waals surface area contributed by atoms with Crippen LogP contribution in [0.3, 0.4) is 0 Å². The van der Waals surface area contributed by atoms with E-state index in [1.165, 1.54) is 0 Å². The number of hydrogen-bond donors (Lipinski definition) is 1. The number of rotatable bonds is 7. The maximum absolute atomic E-state index is 13.1. The van der Waals surface area contributed by atoms with Gasteiger partial charge in [0.05, 0.1) is 28.8 Å². The van der Waals surface area contributed by atoms with Gasteiger partial charge in [-0.2, -0.15) is 0 Å². The topological polar surface area (TPSA) is 58.6 Å². The van der Waals surface area contributed by atoms with Crippen molar-refractivity contribution >= 4 is 46.5 Å². The number of halogens is 2. The highest BCUT2D eigenvalue weighted by molar-refractivity contribution is 6.39. The van der Waals surface area contributed by atoms with E-state index in [2.05, 4.69) is 26.1 Å². The molecule has 1 aliphatic rings. The lowest BCUT2D eigenvalue weighted by Gasteiger charge is -2.25. The average molecular weight is 477 g/mol. The van der Waals surface area contributed by atoms with Crippen LogP contribution >= 0.6 is 23.2 Å². The smallest absolute Gasteiger partial charge is 0.328 e. The Morgan fingerprint density at radius 1 is 1.09 bits per heavy atom. The summed E-state index contributed by atoms with van der Waals surface area (Å²) in [4.78, 5) is 27.4. The highest BCUT2D eigenvalue weighted by Gasteiger charge is 2.35.